The Morgan fingerprint density at radius 3 is 2.71 bits per heavy atom. The molecular weight excluding hydrogens is 481 g/mol. The van der Waals surface area contributed by atoms with Crippen LogP contribution in [0.25, 0.3) is 12.2 Å². The second-order valence-electron chi connectivity index (χ2n) is 7.99. The normalized spacial score (nSPS) is 17.2. The van der Waals surface area contributed by atoms with Crippen LogP contribution in [-0.4, -0.2) is 36.9 Å². The summed E-state index contributed by atoms with van der Waals surface area (Å²) in [6.45, 7) is 1.81. The summed E-state index contributed by atoms with van der Waals surface area (Å²) in [6, 6.07) is 13.0. The summed E-state index contributed by atoms with van der Waals surface area (Å²) in [5.74, 6) is -1.28. The molecule has 2 heterocycles. The van der Waals surface area contributed by atoms with Gasteiger partial charge in [-0.15, -0.1) is 0 Å². The van der Waals surface area contributed by atoms with E-state index in [1.807, 2.05) is 0 Å². The van der Waals surface area contributed by atoms with Gasteiger partial charge >= 0.3 is 0 Å². The molecule has 2 aromatic carbocycles. The van der Waals surface area contributed by atoms with Crippen molar-refractivity contribution in [1.29, 1.82) is 0 Å². The molecule has 1 amide bonds. The molecule has 178 valence electrons. The third kappa shape index (κ3) is 5.06. The first-order valence-corrected chi connectivity index (χ1v) is 12.5. The summed E-state index contributed by atoms with van der Waals surface area (Å²) in [4.78, 5) is 12.7. The Hall–Kier alpha value is -3.01. The van der Waals surface area contributed by atoms with Gasteiger partial charge in [0.2, 0.25) is 15.9 Å². The molecule has 0 saturated carbocycles. The molecule has 3 aromatic rings. The number of para-hydroxylation sites is 1. The summed E-state index contributed by atoms with van der Waals surface area (Å²) in [7, 11) is -4.02. The molecule has 0 radical (unpaired) electrons. The largest absolute Gasteiger partial charge is 0.355 e. The zero-order chi connectivity index (χ0) is 24.3. The Morgan fingerprint density at radius 2 is 1.94 bits per heavy atom. The number of hydrogen-bond donors (Lipinski definition) is 1. The number of sulfonamides is 1. The minimum atomic E-state index is -4.02. The molecule has 4 rings (SSSR count). The summed E-state index contributed by atoms with van der Waals surface area (Å²) >= 11 is 6.13. The first-order chi connectivity index (χ1) is 16.3. The lowest BCUT2D eigenvalue weighted by molar-refractivity contribution is -0.120. The number of anilines is 1. The third-order valence-electron chi connectivity index (χ3n) is 5.64. The molecule has 1 aliphatic heterocycles. The summed E-state index contributed by atoms with van der Waals surface area (Å²) in [5, 5.41) is 7.00. The van der Waals surface area contributed by atoms with E-state index < -0.39 is 21.8 Å². The number of hydrogen-bond acceptors (Lipinski definition) is 5. The Bertz CT molecular complexity index is 1340. The highest BCUT2D eigenvalue weighted by atomic mass is 35.5. The van der Waals surface area contributed by atoms with E-state index in [2.05, 4.69) is 10.5 Å². The molecule has 1 atom stereocenters. The Kier molecular flexibility index (Phi) is 7.16. The maximum Gasteiger partial charge on any atom is 0.248 e. The minimum absolute atomic E-state index is 0.00314. The van der Waals surface area contributed by atoms with Crippen LogP contribution in [-0.2, 0) is 14.8 Å². The van der Waals surface area contributed by atoms with Gasteiger partial charge in [-0.3, -0.25) is 4.79 Å². The van der Waals surface area contributed by atoms with Gasteiger partial charge in [0.15, 0.2) is 10.7 Å². The summed E-state index contributed by atoms with van der Waals surface area (Å²) in [6.07, 6.45) is 3.89. The molecule has 10 heteroatoms. The van der Waals surface area contributed by atoms with Crippen molar-refractivity contribution < 1.29 is 22.1 Å². The fourth-order valence-corrected chi connectivity index (χ4v) is 5.83. The van der Waals surface area contributed by atoms with Gasteiger partial charge in [-0.1, -0.05) is 47.1 Å². The first-order valence-electron chi connectivity index (χ1n) is 10.7. The van der Waals surface area contributed by atoms with Gasteiger partial charge in [0, 0.05) is 18.7 Å². The van der Waals surface area contributed by atoms with Crippen molar-refractivity contribution in [2.75, 3.05) is 18.4 Å². The first kappa shape index (κ1) is 24.1. The number of amides is 1. The van der Waals surface area contributed by atoms with Gasteiger partial charge in [0.1, 0.15) is 11.5 Å². The number of nitrogens with one attached hydrogen (secondary N) is 1. The van der Waals surface area contributed by atoms with Crippen LogP contribution in [0.4, 0.5) is 10.1 Å². The van der Waals surface area contributed by atoms with Crippen LogP contribution >= 0.6 is 11.6 Å². The maximum absolute atomic E-state index is 14.0. The van der Waals surface area contributed by atoms with Gasteiger partial charge < -0.3 is 9.84 Å². The Balaban J connectivity index is 1.55. The fraction of sp³-hybridized carbons (Fsp3) is 0.250. The highest BCUT2D eigenvalue weighted by Gasteiger charge is 2.37. The van der Waals surface area contributed by atoms with Gasteiger partial charge in [-0.05, 0) is 50.1 Å². The standard InChI is InChI=1S/C24H23ClFN3O4S/c1-16-23(22(33-28-16)13-12-17-7-2-4-10-20(17)26)34(31,32)29-14-6-8-18(15-29)24(30)27-21-11-5-3-9-19(21)25/h2-5,7,9-13,18H,6,8,14-15H2,1H3,(H,27,30). The molecule has 1 N–H and O–H groups in total. The van der Waals surface area contributed by atoms with E-state index >= 15 is 0 Å². The molecule has 1 aliphatic rings. The van der Waals surface area contributed by atoms with E-state index in [-0.39, 0.29) is 40.9 Å². The fourth-order valence-electron chi connectivity index (χ4n) is 3.88. The van der Waals surface area contributed by atoms with Crippen molar-refractivity contribution in [2.24, 2.45) is 5.92 Å². The average Bonchev–Trinajstić information content (AvgIpc) is 3.21. The van der Waals surface area contributed by atoms with E-state index in [0.717, 1.165) is 0 Å². The lowest BCUT2D eigenvalue weighted by Gasteiger charge is -2.31. The van der Waals surface area contributed by atoms with Gasteiger partial charge in [0.25, 0.3) is 0 Å². The average molecular weight is 504 g/mol. The number of carbonyl (C=O) groups excluding carboxylic acids is 1. The smallest absolute Gasteiger partial charge is 0.248 e. The molecule has 0 spiro atoms. The third-order valence-corrected chi connectivity index (χ3v) is 7.99. The second kappa shape index (κ2) is 10.1. The highest BCUT2D eigenvalue weighted by molar-refractivity contribution is 7.89. The van der Waals surface area contributed by atoms with Crippen molar-refractivity contribution in [2.45, 2.75) is 24.7 Å². The molecule has 1 unspecified atom stereocenters. The minimum Gasteiger partial charge on any atom is -0.355 e. The molecule has 7 nitrogen and oxygen atoms in total. The molecule has 1 saturated heterocycles. The molecule has 0 bridgehead atoms. The molecule has 1 fully saturated rings. The van der Waals surface area contributed by atoms with Crippen molar-refractivity contribution in [1.82, 2.24) is 9.46 Å². The van der Waals surface area contributed by atoms with Crippen LogP contribution in [0.15, 0.2) is 57.9 Å². The van der Waals surface area contributed by atoms with E-state index in [1.54, 1.807) is 42.5 Å². The molecule has 34 heavy (non-hydrogen) atoms. The number of halogens is 2. The van der Waals surface area contributed by atoms with Crippen LogP contribution in [0, 0.1) is 18.7 Å². The zero-order valence-corrected chi connectivity index (χ0v) is 19.9. The lowest BCUT2D eigenvalue weighted by atomic mass is 9.99. The number of rotatable bonds is 6. The maximum atomic E-state index is 14.0. The van der Waals surface area contributed by atoms with E-state index in [4.69, 9.17) is 16.1 Å². The number of nitrogens with zero attached hydrogens (tertiary/aromatic N) is 2. The summed E-state index contributed by atoms with van der Waals surface area (Å²) < 4.78 is 47.5. The molecule has 0 aliphatic carbocycles. The predicted octanol–water partition coefficient (Wildman–Crippen LogP) is 4.99. The van der Waals surface area contributed by atoms with Crippen molar-refractivity contribution >= 4 is 45.4 Å². The van der Waals surface area contributed by atoms with E-state index in [9.17, 15) is 17.6 Å². The highest BCUT2D eigenvalue weighted by Crippen LogP contribution is 2.30. The van der Waals surface area contributed by atoms with Crippen molar-refractivity contribution in [3.05, 3.63) is 76.4 Å². The number of piperidine rings is 1. The Morgan fingerprint density at radius 1 is 1.21 bits per heavy atom. The quantitative estimate of drug-likeness (QED) is 0.512. The second-order valence-corrected chi connectivity index (χ2v) is 10.3. The van der Waals surface area contributed by atoms with E-state index in [0.29, 0.717) is 23.6 Å². The summed E-state index contributed by atoms with van der Waals surface area (Å²) in [5.41, 5.74) is 0.953. The van der Waals surface area contributed by atoms with Crippen LogP contribution in [0.1, 0.15) is 29.9 Å². The van der Waals surface area contributed by atoms with Gasteiger partial charge in [-0.2, -0.15) is 4.31 Å². The topological polar surface area (TPSA) is 92.5 Å². The lowest BCUT2D eigenvalue weighted by Crippen LogP contribution is -2.43. The number of benzene rings is 2. The van der Waals surface area contributed by atoms with Crippen molar-refractivity contribution in [3.8, 4) is 0 Å². The van der Waals surface area contributed by atoms with Gasteiger partial charge in [0.05, 0.1) is 16.6 Å². The zero-order valence-electron chi connectivity index (χ0n) is 18.4. The monoisotopic (exact) mass is 503 g/mol. The van der Waals surface area contributed by atoms with Crippen LogP contribution in [0.3, 0.4) is 0 Å². The van der Waals surface area contributed by atoms with Crippen molar-refractivity contribution in [3.63, 3.8) is 0 Å². The van der Waals surface area contributed by atoms with Crippen LogP contribution < -0.4 is 5.32 Å². The number of aryl methyl sites for hydroxylation is 1. The number of carbonyl (C=O) groups is 1. The van der Waals surface area contributed by atoms with Gasteiger partial charge in [-0.25, -0.2) is 12.8 Å². The van der Waals surface area contributed by atoms with E-state index in [1.165, 1.54) is 29.4 Å². The molecular formula is C24H23ClFN3O4S. The number of aromatic nitrogens is 1. The SMILES string of the molecule is Cc1noc(C=Cc2ccccc2F)c1S(=O)(=O)N1CCCC(C(=O)Nc2ccccc2Cl)C1. The van der Waals surface area contributed by atoms with Crippen LogP contribution in [0.2, 0.25) is 5.02 Å². The Labute approximate surface area is 202 Å². The van der Waals surface area contributed by atoms with Crippen LogP contribution in [0.5, 0.6) is 0 Å². The molecule has 1 aromatic heterocycles. The predicted molar refractivity (Wildman–Crippen MR) is 128 cm³/mol.